The molecule has 1 radical (unpaired) electrons. The van der Waals surface area contributed by atoms with Crippen molar-refractivity contribution in [1.82, 2.24) is 0 Å². The molecule has 0 bridgehead atoms. The van der Waals surface area contributed by atoms with Gasteiger partial charge in [0.05, 0.1) is 26.5 Å². The zero-order valence-electron chi connectivity index (χ0n) is 16.9. The summed E-state index contributed by atoms with van der Waals surface area (Å²) in [6.45, 7) is 0. The summed E-state index contributed by atoms with van der Waals surface area (Å²) in [6.07, 6.45) is 0. The quantitative estimate of drug-likeness (QED) is 0.184. The zero-order chi connectivity index (χ0) is 23.8. The molecular weight excluding hydrogens is 595 g/mol. The van der Waals surface area contributed by atoms with Crippen LogP contribution in [0.15, 0.2) is 45.3 Å². The van der Waals surface area contributed by atoms with Gasteiger partial charge in [0.15, 0.2) is 17.1 Å². The molecule has 0 saturated carbocycles. The normalized spacial score (nSPS) is 14.2. The van der Waals surface area contributed by atoms with Gasteiger partial charge in [-0.2, -0.15) is 0 Å². The molecule has 0 aromatic heterocycles. The SMILES string of the molecule is O=C1OC2(c3ccccc31)c1cc([N+](=O)[O-])c(O)c(Br)c1Oc1c2cc([N+](=O)[O-])c(O)c1Br.[Na]. The molecule has 0 saturated heterocycles. The van der Waals surface area contributed by atoms with Crippen molar-refractivity contribution >= 4 is 78.8 Å². The van der Waals surface area contributed by atoms with Gasteiger partial charge in [0.2, 0.25) is 11.5 Å². The van der Waals surface area contributed by atoms with Gasteiger partial charge in [-0.1, -0.05) is 18.2 Å². The number of aromatic hydroxyl groups is 2. The monoisotopic (exact) mass is 601 g/mol. The van der Waals surface area contributed by atoms with E-state index in [1.165, 1.54) is 12.1 Å². The number of hydrogen-bond donors (Lipinski definition) is 2. The van der Waals surface area contributed by atoms with Gasteiger partial charge < -0.3 is 19.7 Å². The molecule has 0 unspecified atom stereocenters. The van der Waals surface area contributed by atoms with E-state index in [9.17, 15) is 35.2 Å². The predicted octanol–water partition coefficient (Wildman–Crippen LogP) is 4.63. The molecule has 0 aliphatic carbocycles. The van der Waals surface area contributed by atoms with Gasteiger partial charge in [0, 0.05) is 47.3 Å². The van der Waals surface area contributed by atoms with Crippen LogP contribution in [0.4, 0.5) is 11.4 Å². The molecule has 5 rings (SSSR count). The second-order valence-corrected chi connectivity index (χ2v) is 8.69. The minimum Gasteiger partial charge on any atom is -0.501 e. The number of nitrogens with zero attached hydrogens (tertiary/aromatic N) is 2. The Hall–Kier alpha value is -2.71. The second-order valence-electron chi connectivity index (χ2n) is 7.10. The summed E-state index contributed by atoms with van der Waals surface area (Å²) in [5, 5.41) is 43.9. The van der Waals surface area contributed by atoms with Gasteiger partial charge in [-0.3, -0.25) is 20.2 Å². The molecule has 167 valence electrons. The molecule has 34 heavy (non-hydrogen) atoms. The molecular formula is C20H8Br2N2NaO9. The molecule has 0 amide bonds. The van der Waals surface area contributed by atoms with Crippen LogP contribution in [0.1, 0.15) is 27.0 Å². The number of carbonyl (C=O) groups is 1. The van der Waals surface area contributed by atoms with Crippen LogP contribution < -0.4 is 4.74 Å². The van der Waals surface area contributed by atoms with Gasteiger partial charge in [0.25, 0.3) is 0 Å². The minimum absolute atomic E-state index is 0. The van der Waals surface area contributed by atoms with E-state index in [4.69, 9.17) is 9.47 Å². The van der Waals surface area contributed by atoms with Gasteiger partial charge >= 0.3 is 17.3 Å². The Morgan fingerprint density at radius 3 is 1.79 bits per heavy atom. The topological polar surface area (TPSA) is 162 Å². The van der Waals surface area contributed by atoms with Crippen LogP contribution in [0.25, 0.3) is 0 Å². The van der Waals surface area contributed by atoms with E-state index in [0.717, 1.165) is 12.1 Å². The first-order chi connectivity index (χ1) is 15.6. The van der Waals surface area contributed by atoms with E-state index in [1.807, 2.05) is 0 Å². The summed E-state index contributed by atoms with van der Waals surface area (Å²) in [7, 11) is 0. The molecule has 11 nitrogen and oxygen atoms in total. The van der Waals surface area contributed by atoms with Crippen molar-refractivity contribution < 1.29 is 34.3 Å². The van der Waals surface area contributed by atoms with E-state index in [2.05, 4.69) is 31.9 Å². The van der Waals surface area contributed by atoms with Crippen molar-refractivity contribution in [3.8, 4) is 23.0 Å². The van der Waals surface area contributed by atoms with Crippen LogP contribution in [0.5, 0.6) is 23.0 Å². The van der Waals surface area contributed by atoms with E-state index < -0.39 is 44.3 Å². The Morgan fingerprint density at radius 1 is 0.853 bits per heavy atom. The third-order valence-corrected chi connectivity index (χ3v) is 6.95. The van der Waals surface area contributed by atoms with Crippen molar-refractivity contribution in [1.29, 1.82) is 0 Å². The standard InChI is InChI=1S/C20H8Br2N2O9.Na/c21-13-15(25)11(23(28)29)5-9-17(13)32-18-10(6-12(24(30)31)16(26)14(18)22)20(9)8-4-2-1-3-7(8)19(27)33-20;/h1-6,25-26H;. The van der Waals surface area contributed by atoms with Gasteiger partial charge in [0.1, 0.15) is 8.95 Å². The number of ether oxygens (including phenoxy) is 2. The molecule has 2 aliphatic heterocycles. The second kappa shape index (κ2) is 8.20. The fourth-order valence-corrected chi connectivity index (χ4v) is 5.08. The molecule has 2 aliphatic rings. The molecule has 0 fully saturated rings. The summed E-state index contributed by atoms with van der Waals surface area (Å²) in [5.74, 6) is -2.52. The average molecular weight is 603 g/mol. The fraction of sp³-hybridized carbons (Fsp3) is 0.0500. The Morgan fingerprint density at radius 2 is 1.32 bits per heavy atom. The van der Waals surface area contributed by atoms with Crippen LogP contribution >= 0.6 is 31.9 Å². The first-order valence-corrected chi connectivity index (χ1v) is 10.6. The summed E-state index contributed by atoms with van der Waals surface area (Å²) in [6, 6.07) is 8.18. The number of nitro benzene ring substituents is 2. The first-order valence-electron chi connectivity index (χ1n) is 9.01. The van der Waals surface area contributed by atoms with Crippen LogP contribution in [0.3, 0.4) is 0 Å². The average Bonchev–Trinajstić information content (AvgIpc) is 3.07. The van der Waals surface area contributed by atoms with E-state index in [1.54, 1.807) is 12.1 Å². The fourth-order valence-electron chi connectivity index (χ4n) is 4.08. The number of hydrogen-bond acceptors (Lipinski definition) is 9. The van der Waals surface area contributed by atoms with E-state index >= 15 is 0 Å². The smallest absolute Gasteiger partial charge is 0.340 e. The number of esters is 1. The van der Waals surface area contributed by atoms with Gasteiger partial charge in [-0.25, -0.2) is 4.79 Å². The molecule has 3 aromatic carbocycles. The van der Waals surface area contributed by atoms with Crippen LogP contribution in [0.2, 0.25) is 0 Å². The van der Waals surface area contributed by atoms with E-state index in [-0.39, 0.29) is 72.3 Å². The Bertz CT molecular complexity index is 1390. The maximum atomic E-state index is 12.8. The number of benzene rings is 3. The van der Waals surface area contributed by atoms with Crippen LogP contribution in [-0.4, -0.2) is 55.6 Å². The molecule has 1 spiro atoms. The Kier molecular flexibility index (Phi) is 5.89. The maximum absolute atomic E-state index is 12.8. The molecule has 14 heteroatoms. The number of rotatable bonds is 2. The number of phenols is 2. The predicted molar refractivity (Wildman–Crippen MR) is 122 cm³/mol. The molecule has 0 atom stereocenters. The first kappa shape index (κ1) is 24.4. The molecule has 2 N–H and O–H groups in total. The molecule has 3 aromatic rings. The van der Waals surface area contributed by atoms with E-state index in [0.29, 0.717) is 0 Å². The van der Waals surface area contributed by atoms with Gasteiger partial charge in [-0.05, 0) is 37.9 Å². The Balaban J connectivity index is 0.00000274. The number of fused-ring (bicyclic) bond motifs is 6. The summed E-state index contributed by atoms with van der Waals surface area (Å²) in [5.41, 5.74) is -3.03. The summed E-state index contributed by atoms with van der Waals surface area (Å²) >= 11 is 6.19. The third kappa shape index (κ3) is 3.08. The van der Waals surface area contributed by atoms with Crippen molar-refractivity contribution in [2.75, 3.05) is 0 Å². The van der Waals surface area contributed by atoms with Crippen LogP contribution in [0, 0.1) is 20.2 Å². The van der Waals surface area contributed by atoms with Gasteiger partial charge in [-0.15, -0.1) is 0 Å². The third-order valence-electron chi connectivity index (χ3n) is 5.48. The van der Waals surface area contributed by atoms with Crippen molar-refractivity contribution in [2.45, 2.75) is 5.60 Å². The van der Waals surface area contributed by atoms with Crippen molar-refractivity contribution in [3.63, 3.8) is 0 Å². The van der Waals surface area contributed by atoms with Crippen molar-refractivity contribution in [3.05, 3.63) is 87.8 Å². The summed E-state index contributed by atoms with van der Waals surface area (Å²) < 4.78 is 11.2. The maximum Gasteiger partial charge on any atom is 0.340 e. The Labute approximate surface area is 228 Å². The minimum atomic E-state index is -1.90. The zero-order valence-corrected chi connectivity index (χ0v) is 22.0. The number of halogens is 2. The number of carbonyl (C=O) groups excluding carboxylic acids is 1. The number of nitro groups is 2. The summed E-state index contributed by atoms with van der Waals surface area (Å²) in [4.78, 5) is 34.4. The largest absolute Gasteiger partial charge is 0.501 e. The number of phenolic OH excluding ortho intramolecular Hbond substituents is 2. The molecule has 2 heterocycles. The van der Waals surface area contributed by atoms with Crippen LogP contribution in [-0.2, 0) is 10.3 Å². The van der Waals surface area contributed by atoms with Crippen molar-refractivity contribution in [2.24, 2.45) is 0 Å².